The van der Waals surface area contributed by atoms with Gasteiger partial charge in [0.1, 0.15) is 0 Å². The zero-order valence-corrected chi connectivity index (χ0v) is 11.3. The molecule has 1 aromatic heterocycles. The highest BCUT2D eigenvalue weighted by atomic mass is 35.5. The van der Waals surface area contributed by atoms with Gasteiger partial charge in [0.2, 0.25) is 0 Å². The van der Waals surface area contributed by atoms with Crippen LogP contribution in [0.25, 0.3) is 11.4 Å². The fraction of sp³-hybridized carbons (Fsp3) is 0.333. The summed E-state index contributed by atoms with van der Waals surface area (Å²) in [6, 6.07) is 5.12. The molecule has 0 amide bonds. The Kier molecular flexibility index (Phi) is 3.80. The van der Waals surface area contributed by atoms with E-state index in [4.69, 9.17) is 16.7 Å². The zero-order valence-electron chi connectivity index (χ0n) is 10.5. The predicted molar refractivity (Wildman–Crippen MR) is 70.0 cm³/mol. The van der Waals surface area contributed by atoms with E-state index in [1.54, 1.807) is 13.0 Å². The molecule has 0 radical (unpaired) electrons. The van der Waals surface area contributed by atoms with E-state index >= 15 is 0 Å². The Labute approximate surface area is 115 Å². The van der Waals surface area contributed by atoms with Crippen LogP contribution in [0.5, 0.6) is 0 Å². The summed E-state index contributed by atoms with van der Waals surface area (Å²) in [5, 5.41) is 20.9. The predicted octanol–water partition coefficient (Wildman–Crippen LogP) is 2.34. The van der Waals surface area contributed by atoms with Crippen molar-refractivity contribution in [3.05, 3.63) is 28.8 Å². The number of nitrogens with zero attached hydrogens (tertiary/aromatic N) is 4. The van der Waals surface area contributed by atoms with Crippen molar-refractivity contribution in [2.24, 2.45) is 0 Å². The number of tetrazole rings is 1. The summed E-state index contributed by atoms with van der Waals surface area (Å²) in [6.07, 6.45) is -0.0440. The Bertz CT molecular complexity index is 612. The lowest BCUT2D eigenvalue weighted by molar-refractivity contribution is -0.137. The van der Waals surface area contributed by atoms with E-state index in [1.165, 1.54) is 4.68 Å². The second kappa shape index (κ2) is 5.36. The number of aliphatic carboxylic acids is 1. The second-order valence-electron chi connectivity index (χ2n) is 4.31. The summed E-state index contributed by atoms with van der Waals surface area (Å²) in [5.74, 6) is -0.370. The van der Waals surface area contributed by atoms with Crippen LogP contribution in [-0.2, 0) is 4.79 Å². The standard InChI is InChI=1S/C12H13ClN4O2/c1-7(6-11(18)19)17-12(14-15-16-17)9-4-3-5-10(13)8(9)2/h3-5,7H,6H2,1-2H3,(H,18,19). The lowest BCUT2D eigenvalue weighted by Crippen LogP contribution is -2.13. The number of hydrogen-bond acceptors (Lipinski definition) is 4. The molecule has 1 atom stereocenters. The molecule has 0 aliphatic rings. The molecule has 19 heavy (non-hydrogen) atoms. The Hall–Kier alpha value is -1.95. The topological polar surface area (TPSA) is 80.9 Å². The number of benzene rings is 1. The van der Waals surface area contributed by atoms with Crippen molar-refractivity contribution in [1.82, 2.24) is 20.2 Å². The maximum Gasteiger partial charge on any atom is 0.305 e. The van der Waals surface area contributed by atoms with Crippen LogP contribution in [0.2, 0.25) is 5.02 Å². The molecule has 1 aromatic carbocycles. The SMILES string of the molecule is Cc1c(Cl)cccc1-c1nnnn1C(C)CC(=O)O. The van der Waals surface area contributed by atoms with Gasteiger partial charge < -0.3 is 5.11 Å². The molecule has 0 saturated heterocycles. The van der Waals surface area contributed by atoms with Crippen molar-refractivity contribution in [2.45, 2.75) is 26.3 Å². The van der Waals surface area contributed by atoms with Crippen LogP contribution in [0.4, 0.5) is 0 Å². The number of carboxylic acid groups (broad SMARTS) is 1. The van der Waals surface area contributed by atoms with Crippen LogP contribution in [0.1, 0.15) is 24.9 Å². The van der Waals surface area contributed by atoms with Crippen molar-refractivity contribution >= 4 is 17.6 Å². The van der Waals surface area contributed by atoms with E-state index in [0.717, 1.165) is 11.1 Å². The van der Waals surface area contributed by atoms with Gasteiger partial charge in [-0.2, -0.15) is 0 Å². The zero-order chi connectivity index (χ0) is 14.0. The highest BCUT2D eigenvalue weighted by Gasteiger charge is 2.18. The van der Waals surface area contributed by atoms with E-state index in [0.29, 0.717) is 10.8 Å². The van der Waals surface area contributed by atoms with Crippen LogP contribution in [0.15, 0.2) is 18.2 Å². The van der Waals surface area contributed by atoms with Crippen LogP contribution in [-0.4, -0.2) is 31.3 Å². The normalized spacial score (nSPS) is 12.4. The minimum Gasteiger partial charge on any atom is -0.481 e. The van der Waals surface area contributed by atoms with Gasteiger partial charge >= 0.3 is 5.97 Å². The van der Waals surface area contributed by atoms with Crippen LogP contribution < -0.4 is 0 Å². The highest BCUT2D eigenvalue weighted by molar-refractivity contribution is 6.31. The minimum atomic E-state index is -0.892. The molecule has 0 aliphatic carbocycles. The van der Waals surface area contributed by atoms with E-state index in [9.17, 15) is 4.79 Å². The van der Waals surface area contributed by atoms with Gasteiger partial charge in [0, 0.05) is 10.6 Å². The Morgan fingerprint density at radius 3 is 2.95 bits per heavy atom. The molecule has 0 bridgehead atoms. The number of rotatable bonds is 4. The molecule has 1 heterocycles. The Balaban J connectivity index is 2.44. The van der Waals surface area contributed by atoms with Crippen molar-refractivity contribution in [3.8, 4) is 11.4 Å². The summed E-state index contributed by atoms with van der Waals surface area (Å²) in [4.78, 5) is 10.8. The quantitative estimate of drug-likeness (QED) is 0.929. The van der Waals surface area contributed by atoms with E-state index in [-0.39, 0.29) is 12.5 Å². The first-order chi connectivity index (χ1) is 9.00. The smallest absolute Gasteiger partial charge is 0.305 e. The van der Waals surface area contributed by atoms with Crippen LogP contribution in [0, 0.1) is 6.92 Å². The van der Waals surface area contributed by atoms with E-state index < -0.39 is 5.97 Å². The molecule has 0 fully saturated rings. The van der Waals surface area contributed by atoms with Gasteiger partial charge in [0.15, 0.2) is 5.82 Å². The molecule has 100 valence electrons. The third-order valence-electron chi connectivity index (χ3n) is 2.89. The summed E-state index contributed by atoms with van der Waals surface area (Å²) < 4.78 is 1.51. The number of hydrogen-bond donors (Lipinski definition) is 1. The molecule has 0 spiro atoms. The first-order valence-electron chi connectivity index (χ1n) is 5.76. The number of carboxylic acids is 1. The summed E-state index contributed by atoms with van der Waals surface area (Å²) in [7, 11) is 0. The van der Waals surface area contributed by atoms with Crippen molar-refractivity contribution < 1.29 is 9.90 Å². The molecule has 1 N–H and O–H groups in total. The fourth-order valence-electron chi connectivity index (χ4n) is 1.86. The molecule has 2 rings (SSSR count). The lowest BCUT2D eigenvalue weighted by Gasteiger charge is -2.12. The van der Waals surface area contributed by atoms with Gasteiger partial charge in [-0.1, -0.05) is 23.7 Å². The molecule has 0 saturated carbocycles. The summed E-state index contributed by atoms with van der Waals surface area (Å²) in [5.41, 5.74) is 1.66. The number of halogens is 1. The molecule has 0 aliphatic heterocycles. The van der Waals surface area contributed by atoms with E-state index in [2.05, 4.69) is 15.5 Å². The largest absolute Gasteiger partial charge is 0.481 e. The maximum absolute atomic E-state index is 10.8. The Morgan fingerprint density at radius 2 is 2.26 bits per heavy atom. The average molecular weight is 281 g/mol. The van der Waals surface area contributed by atoms with E-state index in [1.807, 2.05) is 19.1 Å². The molecule has 2 aromatic rings. The van der Waals surface area contributed by atoms with Gasteiger partial charge in [-0.05, 0) is 35.9 Å². The second-order valence-corrected chi connectivity index (χ2v) is 4.71. The van der Waals surface area contributed by atoms with Gasteiger partial charge in [-0.15, -0.1) is 5.10 Å². The highest BCUT2D eigenvalue weighted by Crippen LogP contribution is 2.28. The lowest BCUT2D eigenvalue weighted by atomic mass is 10.1. The molecule has 7 heteroatoms. The van der Waals surface area contributed by atoms with Crippen molar-refractivity contribution in [3.63, 3.8) is 0 Å². The van der Waals surface area contributed by atoms with Crippen molar-refractivity contribution in [1.29, 1.82) is 0 Å². The summed E-state index contributed by atoms with van der Waals surface area (Å²) >= 11 is 6.08. The van der Waals surface area contributed by atoms with Gasteiger partial charge in [0.05, 0.1) is 12.5 Å². The monoisotopic (exact) mass is 280 g/mol. The molecule has 6 nitrogen and oxygen atoms in total. The fourth-order valence-corrected chi connectivity index (χ4v) is 2.03. The average Bonchev–Trinajstić information content (AvgIpc) is 2.80. The van der Waals surface area contributed by atoms with Gasteiger partial charge in [-0.3, -0.25) is 4.79 Å². The number of carbonyl (C=O) groups is 1. The molecule has 1 unspecified atom stereocenters. The molecular formula is C12H13ClN4O2. The number of aromatic nitrogens is 4. The third kappa shape index (κ3) is 2.73. The third-order valence-corrected chi connectivity index (χ3v) is 3.30. The van der Waals surface area contributed by atoms with Crippen LogP contribution in [0.3, 0.4) is 0 Å². The minimum absolute atomic E-state index is 0.0440. The maximum atomic E-state index is 10.8. The van der Waals surface area contributed by atoms with Gasteiger partial charge in [0.25, 0.3) is 0 Å². The Morgan fingerprint density at radius 1 is 1.53 bits per heavy atom. The van der Waals surface area contributed by atoms with Crippen LogP contribution >= 0.6 is 11.6 Å². The van der Waals surface area contributed by atoms with Gasteiger partial charge in [-0.25, -0.2) is 4.68 Å². The first-order valence-corrected chi connectivity index (χ1v) is 6.13. The molecular weight excluding hydrogens is 268 g/mol. The first kappa shape index (κ1) is 13.5. The van der Waals surface area contributed by atoms with Crippen molar-refractivity contribution in [2.75, 3.05) is 0 Å². The summed E-state index contributed by atoms with van der Waals surface area (Å²) in [6.45, 7) is 3.63.